The Morgan fingerprint density at radius 2 is 1.92 bits per heavy atom. The number of halogens is 3. The molecular formula is C18H21F3N2O2. The Labute approximate surface area is 144 Å². The van der Waals surface area contributed by atoms with Crippen LogP contribution >= 0.6 is 0 Å². The molecule has 1 aromatic heterocycles. The lowest BCUT2D eigenvalue weighted by Gasteiger charge is -2.34. The van der Waals surface area contributed by atoms with Gasteiger partial charge in [-0.05, 0) is 25.3 Å². The molecule has 136 valence electrons. The minimum atomic E-state index is -4.40. The lowest BCUT2D eigenvalue weighted by Crippen LogP contribution is -2.44. The third kappa shape index (κ3) is 4.52. The first-order valence-electron chi connectivity index (χ1n) is 8.57. The highest BCUT2D eigenvalue weighted by Gasteiger charge is 2.31. The number of alkyl halides is 3. The molecule has 0 N–H and O–H groups in total. The molecule has 3 rings (SSSR count). The molecule has 1 atom stereocenters. The molecule has 1 aromatic rings. The summed E-state index contributed by atoms with van der Waals surface area (Å²) in [5.74, 6) is 0.477. The van der Waals surface area contributed by atoms with Gasteiger partial charge in [-0.25, -0.2) is 4.98 Å². The number of hydrogen-bond acceptors (Lipinski definition) is 3. The first-order chi connectivity index (χ1) is 11.9. The van der Waals surface area contributed by atoms with E-state index in [4.69, 9.17) is 4.74 Å². The number of carbonyl (C=O) groups is 1. The summed E-state index contributed by atoms with van der Waals surface area (Å²) in [5.41, 5.74) is -0.790. The molecule has 1 saturated heterocycles. The normalized spacial score (nSPS) is 22.0. The topological polar surface area (TPSA) is 42.4 Å². The summed E-state index contributed by atoms with van der Waals surface area (Å²) in [6.45, 7) is 1.23. The average Bonchev–Trinajstić information content (AvgIpc) is 2.62. The maximum absolute atomic E-state index is 12.5. The van der Waals surface area contributed by atoms with Crippen LogP contribution in [0.2, 0.25) is 0 Å². The first kappa shape index (κ1) is 17.8. The van der Waals surface area contributed by atoms with Crippen molar-refractivity contribution >= 4 is 5.91 Å². The molecule has 1 aliphatic heterocycles. The Morgan fingerprint density at radius 1 is 1.16 bits per heavy atom. The molecule has 0 saturated carbocycles. The first-order valence-corrected chi connectivity index (χ1v) is 8.57. The largest absolute Gasteiger partial charge is 0.474 e. The second-order valence-electron chi connectivity index (χ2n) is 6.51. The quantitative estimate of drug-likeness (QED) is 0.775. The van der Waals surface area contributed by atoms with Crippen LogP contribution in [0.25, 0.3) is 0 Å². The van der Waals surface area contributed by atoms with Gasteiger partial charge in [-0.1, -0.05) is 12.2 Å². The zero-order valence-electron chi connectivity index (χ0n) is 13.8. The number of allylic oxidation sites excluding steroid dienone is 2. The van der Waals surface area contributed by atoms with Crippen LogP contribution in [0.3, 0.4) is 0 Å². The smallest absolute Gasteiger partial charge is 0.417 e. The zero-order valence-corrected chi connectivity index (χ0v) is 13.8. The molecule has 0 unspecified atom stereocenters. The molecule has 4 nitrogen and oxygen atoms in total. The van der Waals surface area contributed by atoms with Crippen LogP contribution in [-0.4, -0.2) is 35.0 Å². The number of carbonyl (C=O) groups excluding carboxylic acids is 1. The van der Waals surface area contributed by atoms with Crippen LogP contribution in [0.5, 0.6) is 5.88 Å². The van der Waals surface area contributed by atoms with Crippen LogP contribution in [0.15, 0.2) is 30.5 Å². The molecule has 0 radical (unpaired) electrons. The van der Waals surface area contributed by atoms with Crippen molar-refractivity contribution in [2.24, 2.45) is 5.92 Å². The van der Waals surface area contributed by atoms with Gasteiger partial charge in [0.1, 0.15) is 6.10 Å². The fraction of sp³-hybridized carbons (Fsp3) is 0.556. The number of pyridine rings is 1. The number of piperidine rings is 1. The third-order valence-corrected chi connectivity index (χ3v) is 4.72. The summed E-state index contributed by atoms with van der Waals surface area (Å²) >= 11 is 0. The van der Waals surface area contributed by atoms with Crippen molar-refractivity contribution < 1.29 is 22.7 Å². The number of aromatic nitrogens is 1. The van der Waals surface area contributed by atoms with Gasteiger partial charge in [0.2, 0.25) is 11.8 Å². The maximum atomic E-state index is 12.5. The van der Waals surface area contributed by atoms with Gasteiger partial charge < -0.3 is 9.64 Å². The van der Waals surface area contributed by atoms with E-state index in [9.17, 15) is 18.0 Å². The van der Waals surface area contributed by atoms with Gasteiger partial charge in [0.15, 0.2) is 0 Å². The van der Waals surface area contributed by atoms with Gasteiger partial charge in [-0.3, -0.25) is 4.79 Å². The Kier molecular flexibility index (Phi) is 5.30. The van der Waals surface area contributed by atoms with Crippen molar-refractivity contribution in [2.75, 3.05) is 13.1 Å². The Bertz CT molecular complexity index is 620. The lowest BCUT2D eigenvalue weighted by molar-refractivity contribution is -0.138. The fourth-order valence-electron chi connectivity index (χ4n) is 3.26. The SMILES string of the molecule is O=C([C@@H]1CC=CCC1)N1CCC(Oc2ccc(C(F)(F)F)cn2)CC1. The second-order valence-corrected chi connectivity index (χ2v) is 6.51. The maximum Gasteiger partial charge on any atom is 0.417 e. The minimum absolute atomic E-state index is 0.0825. The summed E-state index contributed by atoms with van der Waals surface area (Å²) in [6.07, 6.45) is 4.43. The van der Waals surface area contributed by atoms with E-state index in [0.717, 1.165) is 31.5 Å². The number of ether oxygens (including phenoxy) is 1. The molecule has 0 aromatic carbocycles. The van der Waals surface area contributed by atoms with Crippen LogP contribution in [-0.2, 0) is 11.0 Å². The standard InChI is InChI=1S/C18H21F3N2O2/c19-18(20,21)14-6-7-16(22-12-14)25-15-8-10-23(11-9-15)17(24)13-4-2-1-3-5-13/h1-2,6-7,12-13,15H,3-5,8-11H2/t13-/m1/s1. The molecular weight excluding hydrogens is 333 g/mol. The highest BCUT2D eigenvalue weighted by atomic mass is 19.4. The van der Waals surface area contributed by atoms with Gasteiger partial charge in [0, 0.05) is 44.1 Å². The lowest BCUT2D eigenvalue weighted by atomic mass is 9.92. The molecule has 2 heterocycles. The number of rotatable bonds is 3. The summed E-state index contributed by atoms with van der Waals surface area (Å²) in [4.78, 5) is 18.1. The minimum Gasteiger partial charge on any atom is -0.474 e. The van der Waals surface area contributed by atoms with E-state index in [1.54, 1.807) is 0 Å². The molecule has 7 heteroatoms. The number of amides is 1. The van der Waals surface area contributed by atoms with E-state index in [1.807, 2.05) is 4.90 Å². The number of likely N-dealkylation sites (tertiary alicyclic amines) is 1. The molecule has 2 aliphatic rings. The molecule has 25 heavy (non-hydrogen) atoms. The van der Waals surface area contributed by atoms with Gasteiger partial charge >= 0.3 is 6.18 Å². The van der Waals surface area contributed by atoms with E-state index in [2.05, 4.69) is 17.1 Å². The average molecular weight is 354 g/mol. The molecule has 0 bridgehead atoms. The summed E-state index contributed by atoms with van der Waals surface area (Å²) in [5, 5.41) is 0. The number of hydrogen-bond donors (Lipinski definition) is 0. The van der Waals surface area contributed by atoms with Crippen molar-refractivity contribution in [3.63, 3.8) is 0 Å². The summed E-state index contributed by atoms with van der Waals surface area (Å²) in [6, 6.07) is 2.21. The molecule has 0 spiro atoms. The van der Waals surface area contributed by atoms with Gasteiger partial charge in [0.25, 0.3) is 0 Å². The van der Waals surface area contributed by atoms with E-state index in [0.29, 0.717) is 25.9 Å². The van der Waals surface area contributed by atoms with E-state index < -0.39 is 11.7 Å². The van der Waals surface area contributed by atoms with E-state index in [1.165, 1.54) is 6.07 Å². The Morgan fingerprint density at radius 3 is 2.48 bits per heavy atom. The predicted octanol–water partition coefficient (Wildman–Crippen LogP) is 3.83. The monoisotopic (exact) mass is 354 g/mol. The third-order valence-electron chi connectivity index (χ3n) is 4.72. The van der Waals surface area contributed by atoms with Crippen LogP contribution < -0.4 is 4.74 Å². The van der Waals surface area contributed by atoms with Crippen molar-refractivity contribution in [3.8, 4) is 5.88 Å². The Hall–Kier alpha value is -2.05. The highest BCUT2D eigenvalue weighted by Crippen LogP contribution is 2.30. The van der Waals surface area contributed by atoms with Crippen molar-refractivity contribution in [1.29, 1.82) is 0 Å². The van der Waals surface area contributed by atoms with Crippen LogP contribution in [0.1, 0.15) is 37.7 Å². The van der Waals surface area contributed by atoms with Crippen molar-refractivity contribution in [2.45, 2.75) is 44.4 Å². The van der Waals surface area contributed by atoms with Crippen molar-refractivity contribution in [3.05, 3.63) is 36.0 Å². The van der Waals surface area contributed by atoms with Crippen LogP contribution in [0, 0.1) is 5.92 Å². The highest BCUT2D eigenvalue weighted by molar-refractivity contribution is 5.79. The van der Waals surface area contributed by atoms with Crippen LogP contribution in [0.4, 0.5) is 13.2 Å². The summed E-state index contributed by atoms with van der Waals surface area (Å²) in [7, 11) is 0. The zero-order chi connectivity index (χ0) is 17.9. The Balaban J connectivity index is 1.49. The second kappa shape index (κ2) is 7.45. The molecule has 1 fully saturated rings. The molecule has 1 amide bonds. The van der Waals surface area contributed by atoms with Crippen molar-refractivity contribution in [1.82, 2.24) is 9.88 Å². The molecule has 1 aliphatic carbocycles. The van der Waals surface area contributed by atoms with E-state index in [-0.39, 0.29) is 23.8 Å². The van der Waals surface area contributed by atoms with Gasteiger partial charge in [0.05, 0.1) is 5.56 Å². The van der Waals surface area contributed by atoms with E-state index >= 15 is 0 Å². The predicted molar refractivity (Wildman–Crippen MR) is 86.0 cm³/mol. The van der Waals surface area contributed by atoms with Gasteiger partial charge in [-0.2, -0.15) is 13.2 Å². The fourth-order valence-corrected chi connectivity index (χ4v) is 3.26. The summed E-state index contributed by atoms with van der Waals surface area (Å²) < 4.78 is 43.3. The number of nitrogens with zero attached hydrogens (tertiary/aromatic N) is 2. The van der Waals surface area contributed by atoms with Gasteiger partial charge in [-0.15, -0.1) is 0 Å².